The number of carbonyl (C=O) groups excluding carboxylic acids is 2. The number of ketones is 1. The van der Waals surface area contributed by atoms with Crippen molar-refractivity contribution >= 4 is 36.6 Å². The first-order chi connectivity index (χ1) is 16.4. The normalized spacial score (nSPS) is 16.0. The first kappa shape index (κ1) is 24.4. The Kier molecular flexibility index (Phi) is 7.66. The van der Waals surface area contributed by atoms with E-state index in [2.05, 4.69) is 25.2 Å². The molecule has 4 rings (SSSR count). The van der Waals surface area contributed by atoms with Gasteiger partial charge in [0.25, 0.3) is 0 Å². The number of ether oxygens (including phenoxy) is 1. The summed E-state index contributed by atoms with van der Waals surface area (Å²) in [6, 6.07) is 26.9. The van der Waals surface area contributed by atoms with Crippen LogP contribution in [0, 0.1) is 0 Å². The molecule has 0 saturated carbocycles. The van der Waals surface area contributed by atoms with E-state index in [4.69, 9.17) is 16.3 Å². The van der Waals surface area contributed by atoms with E-state index in [9.17, 15) is 9.59 Å². The molecule has 3 aromatic rings. The molecule has 0 aliphatic carbocycles. The first-order valence-electron chi connectivity index (χ1n) is 11.7. The zero-order valence-electron chi connectivity index (χ0n) is 19.6. The minimum absolute atomic E-state index is 0.0352. The number of carbonyl (C=O) groups is 2. The summed E-state index contributed by atoms with van der Waals surface area (Å²) < 4.78 is 5.51. The average Bonchev–Trinajstić information content (AvgIpc) is 2.88. The molecule has 1 aliphatic heterocycles. The third-order valence-electron chi connectivity index (χ3n) is 6.79. The second-order valence-electron chi connectivity index (χ2n) is 9.26. The minimum atomic E-state index is -2.50. The summed E-state index contributed by atoms with van der Waals surface area (Å²) in [6.45, 7) is 6.52. The van der Waals surface area contributed by atoms with E-state index in [1.807, 2.05) is 65.6 Å². The summed E-state index contributed by atoms with van der Waals surface area (Å²) in [4.78, 5) is 30.3. The summed E-state index contributed by atoms with van der Waals surface area (Å²) in [5.41, 5.74) is 0.948. The van der Waals surface area contributed by atoms with Gasteiger partial charge in [0.2, 0.25) is 5.91 Å². The van der Waals surface area contributed by atoms with Crippen LogP contribution in [0.3, 0.4) is 0 Å². The van der Waals surface area contributed by atoms with Gasteiger partial charge in [-0.1, -0.05) is 103 Å². The van der Waals surface area contributed by atoms with Gasteiger partial charge in [-0.15, -0.1) is 0 Å². The highest BCUT2D eigenvalue weighted by Crippen LogP contribution is 2.41. The third-order valence-corrected chi connectivity index (χ3v) is 11.0. The molecule has 4 nitrogen and oxygen atoms in total. The number of benzene rings is 3. The van der Waals surface area contributed by atoms with Gasteiger partial charge in [-0.05, 0) is 17.7 Å². The molecule has 1 saturated heterocycles. The number of Topliss-reactive ketones (excluding diaryl/α,β-unsaturated/α-hetero) is 1. The summed E-state index contributed by atoms with van der Waals surface area (Å²) in [7, 11) is -2.50. The molecule has 0 unspecified atom stereocenters. The molecule has 2 atom stereocenters. The summed E-state index contributed by atoms with van der Waals surface area (Å²) in [6.07, 6.45) is 0. The number of morpholine rings is 1. The lowest BCUT2D eigenvalue weighted by atomic mass is 9.87. The Bertz CT molecular complexity index is 1110. The van der Waals surface area contributed by atoms with Crippen LogP contribution in [0.15, 0.2) is 84.9 Å². The van der Waals surface area contributed by atoms with Crippen molar-refractivity contribution in [3.05, 3.63) is 101 Å². The maximum absolute atomic E-state index is 14.3. The van der Waals surface area contributed by atoms with Crippen LogP contribution >= 0.6 is 11.6 Å². The van der Waals surface area contributed by atoms with Crippen molar-refractivity contribution in [1.82, 2.24) is 4.90 Å². The fourth-order valence-corrected chi connectivity index (χ4v) is 8.36. The molecule has 0 radical (unpaired) electrons. The molecule has 6 heteroatoms. The molecule has 176 valence electrons. The average molecular weight is 492 g/mol. The lowest BCUT2D eigenvalue weighted by molar-refractivity contribution is -0.135. The maximum Gasteiger partial charge on any atom is 0.224 e. The van der Waals surface area contributed by atoms with Crippen molar-refractivity contribution < 1.29 is 14.3 Å². The van der Waals surface area contributed by atoms with Gasteiger partial charge in [-0.2, -0.15) is 0 Å². The third kappa shape index (κ3) is 5.17. The van der Waals surface area contributed by atoms with Crippen LogP contribution in [0.5, 0.6) is 0 Å². The summed E-state index contributed by atoms with van der Waals surface area (Å²) in [5, 5.41) is 1.76. The Balaban J connectivity index is 1.88. The molecule has 3 aromatic carbocycles. The van der Waals surface area contributed by atoms with Crippen molar-refractivity contribution in [2.75, 3.05) is 26.3 Å². The van der Waals surface area contributed by atoms with E-state index in [1.54, 1.807) is 12.1 Å². The molecular formula is C28H30ClNO3Si. The van der Waals surface area contributed by atoms with Crippen LogP contribution in [-0.4, -0.2) is 51.0 Å². The van der Waals surface area contributed by atoms with Crippen LogP contribution in [-0.2, 0) is 9.53 Å². The molecular weight excluding hydrogens is 462 g/mol. The number of halogens is 1. The largest absolute Gasteiger partial charge is 0.378 e. The molecule has 1 fully saturated rings. The molecule has 1 aliphatic rings. The van der Waals surface area contributed by atoms with Crippen LogP contribution < -0.4 is 5.19 Å². The number of nitrogens with zero attached hydrogens (tertiary/aromatic N) is 1. The van der Waals surface area contributed by atoms with Crippen LogP contribution in [0.25, 0.3) is 0 Å². The smallest absolute Gasteiger partial charge is 0.224 e. The zero-order chi connectivity index (χ0) is 24.1. The molecule has 34 heavy (non-hydrogen) atoms. The number of amides is 1. The highest BCUT2D eigenvalue weighted by atomic mass is 35.5. The van der Waals surface area contributed by atoms with Gasteiger partial charge in [-0.25, -0.2) is 0 Å². The van der Waals surface area contributed by atoms with Crippen LogP contribution in [0.4, 0.5) is 0 Å². The van der Waals surface area contributed by atoms with Crippen molar-refractivity contribution in [3.8, 4) is 0 Å². The lowest BCUT2D eigenvalue weighted by Crippen LogP contribution is -2.56. The highest BCUT2D eigenvalue weighted by Gasteiger charge is 2.48. The first-order valence-corrected chi connectivity index (χ1v) is 15.1. The molecule has 0 bridgehead atoms. The Morgan fingerprint density at radius 2 is 1.41 bits per heavy atom. The lowest BCUT2D eigenvalue weighted by Gasteiger charge is -2.41. The quantitative estimate of drug-likeness (QED) is 0.339. The summed E-state index contributed by atoms with van der Waals surface area (Å²) >= 11 is 6.20. The van der Waals surface area contributed by atoms with Gasteiger partial charge in [0.15, 0.2) is 5.78 Å². The van der Waals surface area contributed by atoms with Gasteiger partial charge in [0.05, 0.1) is 32.7 Å². The predicted molar refractivity (Wildman–Crippen MR) is 140 cm³/mol. The predicted octanol–water partition coefficient (Wildman–Crippen LogP) is 5.15. The standard InChI is InChI=1S/C28H30ClNO3Si/c1-34(2,24-11-7-4-8-12-24)27(28(32)30-17-19-33-20-18-30)25(21-13-15-23(29)16-14-21)26(31)22-9-5-3-6-10-22/h3-16,25,27H,17-20H2,1-2H3/t25-,27-/m1/s1. The van der Waals surface area contributed by atoms with Crippen molar-refractivity contribution in [1.29, 1.82) is 0 Å². The van der Waals surface area contributed by atoms with E-state index in [-0.39, 0.29) is 11.7 Å². The van der Waals surface area contributed by atoms with Crippen LogP contribution in [0.2, 0.25) is 23.7 Å². The van der Waals surface area contributed by atoms with Crippen molar-refractivity contribution in [2.45, 2.75) is 24.6 Å². The van der Waals surface area contributed by atoms with E-state index in [1.165, 1.54) is 0 Å². The Hall–Kier alpha value is -2.73. The Morgan fingerprint density at radius 3 is 2.00 bits per heavy atom. The number of hydrogen-bond donors (Lipinski definition) is 0. The van der Waals surface area contributed by atoms with E-state index >= 15 is 0 Å². The molecule has 1 heterocycles. The second-order valence-corrected chi connectivity index (χ2v) is 14.3. The van der Waals surface area contributed by atoms with E-state index < -0.39 is 19.5 Å². The Morgan fingerprint density at radius 1 is 0.853 bits per heavy atom. The second kappa shape index (κ2) is 10.7. The van der Waals surface area contributed by atoms with Gasteiger partial charge in [0, 0.05) is 23.7 Å². The maximum atomic E-state index is 14.3. The van der Waals surface area contributed by atoms with E-state index in [0.29, 0.717) is 36.9 Å². The topological polar surface area (TPSA) is 46.6 Å². The minimum Gasteiger partial charge on any atom is -0.378 e. The summed E-state index contributed by atoms with van der Waals surface area (Å²) in [5.74, 6) is -0.615. The molecule has 1 amide bonds. The van der Waals surface area contributed by atoms with Gasteiger partial charge < -0.3 is 9.64 Å². The monoisotopic (exact) mass is 491 g/mol. The molecule has 0 aromatic heterocycles. The Labute approximate surface area is 207 Å². The fourth-order valence-electron chi connectivity index (χ4n) is 4.84. The molecule has 0 N–H and O–H groups in total. The number of rotatable bonds is 7. The van der Waals surface area contributed by atoms with E-state index in [0.717, 1.165) is 10.8 Å². The highest BCUT2D eigenvalue weighted by molar-refractivity contribution is 6.93. The van der Waals surface area contributed by atoms with Crippen molar-refractivity contribution in [2.24, 2.45) is 0 Å². The van der Waals surface area contributed by atoms with Gasteiger partial charge >= 0.3 is 0 Å². The van der Waals surface area contributed by atoms with Gasteiger partial charge in [0.1, 0.15) is 0 Å². The van der Waals surface area contributed by atoms with Gasteiger partial charge in [-0.3, -0.25) is 9.59 Å². The SMILES string of the molecule is C[Si](C)(c1ccccc1)[C@@H](C(=O)N1CCOCC1)[C@@H](C(=O)c1ccccc1)c1ccc(Cl)cc1. The zero-order valence-corrected chi connectivity index (χ0v) is 21.4. The van der Waals surface area contributed by atoms with Crippen LogP contribution in [0.1, 0.15) is 21.8 Å². The molecule has 0 spiro atoms. The number of hydrogen-bond acceptors (Lipinski definition) is 3. The van der Waals surface area contributed by atoms with Crippen molar-refractivity contribution in [3.63, 3.8) is 0 Å². The fraction of sp³-hybridized carbons (Fsp3) is 0.286.